The van der Waals surface area contributed by atoms with Crippen LogP contribution >= 0.6 is 0 Å². The Labute approximate surface area is 104 Å². The van der Waals surface area contributed by atoms with Gasteiger partial charge in [0.25, 0.3) is 0 Å². The summed E-state index contributed by atoms with van der Waals surface area (Å²) in [6, 6.07) is 5.20. The lowest BCUT2D eigenvalue weighted by Gasteiger charge is -2.20. The van der Waals surface area contributed by atoms with E-state index in [0.29, 0.717) is 5.56 Å². The SMILES string of the molecule is CCN(CC)CCC(N)c1ccc(C)c(F)c1. The average Bonchev–Trinajstić information content (AvgIpc) is 2.33. The molecule has 0 radical (unpaired) electrons. The zero-order chi connectivity index (χ0) is 12.8. The van der Waals surface area contributed by atoms with Crippen LogP contribution in [0.1, 0.15) is 37.4 Å². The molecule has 0 aliphatic heterocycles. The van der Waals surface area contributed by atoms with Crippen LogP contribution in [0.15, 0.2) is 18.2 Å². The summed E-state index contributed by atoms with van der Waals surface area (Å²) in [6.45, 7) is 9.07. The Balaban J connectivity index is 2.57. The maximum absolute atomic E-state index is 13.4. The summed E-state index contributed by atoms with van der Waals surface area (Å²) in [5.74, 6) is -0.166. The maximum atomic E-state index is 13.4. The van der Waals surface area contributed by atoms with Crippen molar-refractivity contribution in [3.8, 4) is 0 Å². The highest BCUT2D eigenvalue weighted by Crippen LogP contribution is 2.17. The van der Waals surface area contributed by atoms with E-state index in [1.165, 1.54) is 0 Å². The molecule has 0 aliphatic carbocycles. The third kappa shape index (κ3) is 4.10. The summed E-state index contributed by atoms with van der Waals surface area (Å²) in [5.41, 5.74) is 7.64. The lowest BCUT2D eigenvalue weighted by molar-refractivity contribution is 0.290. The largest absolute Gasteiger partial charge is 0.324 e. The molecule has 0 amide bonds. The molecule has 0 heterocycles. The van der Waals surface area contributed by atoms with E-state index >= 15 is 0 Å². The van der Waals surface area contributed by atoms with Gasteiger partial charge in [0.15, 0.2) is 0 Å². The molecule has 0 saturated carbocycles. The lowest BCUT2D eigenvalue weighted by atomic mass is 10.0. The average molecular weight is 238 g/mol. The van der Waals surface area contributed by atoms with E-state index in [0.717, 1.165) is 31.6 Å². The standard InChI is InChI=1S/C14H23FN2/c1-4-17(5-2)9-8-14(16)12-7-6-11(3)13(15)10-12/h6-7,10,14H,4-5,8-9,16H2,1-3H3. The minimum atomic E-state index is -0.166. The highest BCUT2D eigenvalue weighted by atomic mass is 19.1. The normalized spacial score (nSPS) is 13.1. The van der Waals surface area contributed by atoms with Gasteiger partial charge in [-0.1, -0.05) is 26.0 Å². The van der Waals surface area contributed by atoms with Crippen LogP contribution in [0.25, 0.3) is 0 Å². The smallest absolute Gasteiger partial charge is 0.126 e. The predicted molar refractivity (Wildman–Crippen MR) is 70.5 cm³/mol. The molecule has 17 heavy (non-hydrogen) atoms. The summed E-state index contributed by atoms with van der Waals surface area (Å²) in [4.78, 5) is 2.32. The number of hydrogen-bond donors (Lipinski definition) is 1. The molecular formula is C14H23FN2. The quantitative estimate of drug-likeness (QED) is 0.825. The number of halogens is 1. The van der Waals surface area contributed by atoms with Gasteiger partial charge < -0.3 is 10.6 Å². The van der Waals surface area contributed by atoms with E-state index in [1.807, 2.05) is 6.07 Å². The van der Waals surface area contributed by atoms with E-state index in [1.54, 1.807) is 19.1 Å². The fourth-order valence-electron chi connectivity index (χ4n) is 1.87. The van der Waals surface area contributed by atoms with Crippen molar-refractivity contribution in [2.24, 2.45) is 5.73 Å². The second kappa shape index (κ2) is 6.72. The van der Waals surface area contributed by atoms with Crippen molar-refractivity contribution in [2.45, 2.75) is 33.2 Å². The van der Waals surface area contributed by atoms with Crippen molar-refractivity contribution in [1.82, 2.24) is 4.90 Å². The van der Waals surface area contributed by atoms with Gasteiger partial charge in [-0.2, -0.15) is 0 Å². The van der Waals surface area contributed by atoms with Crippen molar-refractivity contribution < 1.29 is 4.39 Å². The van der Waals surface area contributed by atoms with E-state index in [-0.39, 0.29) is 11.9 Å². The van der Waals surface area contributed by atoms with Gasteiger partial charge in [-0.15, -0.1) is 0 Å². The number of benzene rings is 1. The number of hydrogen-bond acceptors (Lipinski definition) is 2. The Hall–Kier alpha value is -0.930. The first kappa shape index (κ1) is 14.1. The van der Waals surface area contributed by atoms with E-state index < -0.39 is 0 Å². The molecule has 1 aromatic rings. The van der Waals surface area contributed by atoms with Crippen molar-refractivity contribution in [2.75, 3.05) is 19.6 Å². The van der Waals surface area contributed by atoms with Crippen molar-refractivity contribution >= 4 is 0 Å². The molecule has 0 fully saturated rings. The van der Waals surface area contributed by atoms with Crippen molar-refractivity contribution in [3.63, 3.8) is 0 Å². The molecular weight excluding hydrogens is 215 g/mol. The third-order valence-electron chi connectivity index (χ3n) is 3.27. The molecule has 0 bridgehead atoms. The van der Waals surface area contributed by atoms with E-state index in [9.17, 15) is 4.39 Å². The van der Waals surface area contributed by atoms with Crippen LogP contribution in [0, 0.1) is 12.7 Å². The zero-order valence-electron chi connectivity index (χ0n) is 11.0. The van der Waals surface area contributed by atoms with Gasteiger partial charge in [-0.3, -0.25) is 0 Å². The fourth-order valence-corrected chi connectivity index (χ4v) is 1.87. The van der Waals surface area contributed by atoms with Crippen molar-refractivity contribution in [1.29, 1.82) is 0 Å². The molecule has 1 rings (SSSR count). The van der Waals surface area contributed by atoms with Gasteiger partial charge >= 0.3 is 0 Å². The molecule has 1 atom stereocenters. The fraction of sp³-hybridized carbons (Fsp3) is 0.571. The summed E-state index contributed by atoms with van der Waals surface area (Å²) in [5, 5.41) is 0. The van der Waals surface area contributed by atoms with Crippen molar-refractivity contribution in [3.05, 3.63) is 35.1 Å². The summed E-state index contributed by atoms with van der Waals surface area (Å²) >= 11 is 0. The van der Waals surface area contributed by atoms with Crippen LogP contribution < -0.4 is 5.73 Å². The predicted octanol–water partition coefficient (Wildman–Crippen LogP) is 2.87. The van der Waals surface area contributed by atoms with Crippen LogP contribution in [0.3, 0.4) is 0 Å². The molecule has 1 aromatic carbocycles. The molecule has 0 aliphatic rings. The molecule has 2 nitrogen and oxygen atoms in total. The van der Waals surface area contributed by atoms with Gasteiger partial charge in [0.1, 0.15) is 5.82 Å². The Morgan fingerprint density at radius 3 is 2.47 bits per heavy atom. The van der Waals surface area contributed by atoms with E-state index in [2.05, 4.69) is 18.7 Å². The molecule has 2 N–H and O–H groups in total. The summed E-state index contributed by atoms with van der Waals surface area (Å²) in [7, 11) is 0. The van der Waals surface area contributed by atoms with Gasteiger partial charge in [0.05, 0.1) is 0 Å². The minimum Gasteiger partial charge on any atom is -0.324 e. The third-order valence-corrected chi connectivity index (χ3v) is 3.27. The Kier molecular flexibility index (Phi) is 5.59. The maximum Gasteiger partial charge on any atom is 0.126 e. The number of aryl methyl sites for hydroxylation is 1. The second-order valence-electron chi connectivity index (χ2n) is 4.43. The first-order valence-corrected chi connectivity index (χ1v) is 6.32. The number of nitrogens with zero attached hydrogens (tertiary/aromatic N) is 1. The van der Waals surface area contributed by atoms with Crippen LogP contribution in [-0.4, -0.2) is 24.5 Å². The van der Waals surface area contributed by atoms with Gasteiger partial charge in [0, 0.05) is 6.04 Å². The van der Waals surface area contributed by atoms with Gasteiger partial charge in [-0.05, 0) is 50.2 Å². The van der Waals surface area contributed by atoms with Crippen LogP contribution in [0.2, 0.25) is 0 Å². The monoisotopic (exact) mass is 238 g/mol. The zero-order valence-corrected chi connectivity index (χ0v) is 11.0. The lowest BCUT2D eigenvalue weighted by Crippen LogP contribution is -2.27. The topological polar surface area (TPSA) is 29.3 Å². The Morgan fingerprint density at radius 2 is 1.94 bits per heavy atom. The Morgan fingerprint density at radius 1 is 1.29 bits per heavy atom. The first-order valence-electron chi connectivity index (χ1n) is 6.32. The Bertz CT molecular complexity index is 348. The first-order chi connectivity index (χ1) is 8.08. The molecule has 0 aromatic heterocycles. The van der Waals surface area contributed by atoms with Gasteiger partial charge in [0.2, 0.25) is 0 Å². The summed E-state index contributed by atoms with van der Waals surface area (Å²) in [6.07, 6.45) is 0.865. The highest BCUT2D eigenvalue weighted by Gasteiger charge is 2.09. The number of nitrogens with two attached hydrogens (primary N) is 1. The molecule has 0 spiro atoms. The molecule has 0 saturated heterocycles. The van der Waals surface area contributed by atoms with Crippen LogP contribution in [-0.2, 0) is 0 Å². The second-order valence-corrected chi connectivity index (χ2v) is 4.43. The molecule has 1 unspecified atom stereocenters. The highest BCUT2D eigenvalue weighted by molar-refractivity contribution is 5.25. The van der Waals surface area contributed by atoms with Crippen LogP contribution in [0.4, 0.5) is 4.39 Å². The van der Waals surface area contributed by atoms with E-state index in [4.69, 9.17) is 5.73 Å². The van der Waals surface area contributed by atoms with Crippen LogP contribution in [0.5, 0.6) is 0 Å². The summed E-state index contributed by atoms with van der Waals surface area (Å²) < 4.78 is 13.4. The molecule has 96 valence electrons. The number of rotatable bonds is 6. The minimum absolute atomic E-state index is 0.0781. The molecule has 3 heteroatoms. The van der Waals surface area contributed by atoms with Gasteiger partial charge in [-0.25, -0.2) is 4.39 Å².